The number of aliphatic carboxylic acids is 2. The van der Waals surface area contributed by atoms with E-state index in [4.69, 9.17) is 60.3 Å². The molecular weight excluding hydrogens is 687 g/mol. The second kappa shape index (κ2) is 42.9. The number of carboxylic acid groups (broad SMARTS) is 2. The molecule has 0 aromatic rings. The number of hydrogen-bond donors (Lipinski definition) is 11. The van der Waals surface area contributed by atoms with Gasteiger partial charge in [0.15, 0.2) is 0 Å². The maximum Gasteiger partial charge on any atom is 0.319 e. The van der Waals surface area contributed by atoms with E-state index in [2.05, 4.69) is 18.7 Å². The van der Waals surface area contributed by atoms with E-state index in [1.807, 2.05) is 0 Å². The number of ether oxygens (including phenoxy) is 1. The quantitative estimate of drug-likeness (QED) is 0.0362. The molecule has 0 amide bonds. The average Bonchev–Trinajstić information content (AvgIpc) is 3.06. The summed E-state index contributed by atoms with van der Waals surface area (Å²) in [7, 11) is 0. The van der Waals surface area contributed by atoms with Gasteiger partial charge in [0, 0.05) is 19.3 Å². The zero-order valence-electron chi connectivity index (χ0n) is 30.0. The number of carbonyl (C=O) groups is 3. The van der Waals surface area contributed by atoms with Crippen LogP contribution in [-0.4, -0.2) is 119 Å². The Bertz CT molecular complexity index is 725. The molecule has 1 unspecified atom stereocenters. The zero-order chi connectivity index (χ0) is 39.0. The molecule has 0 aliphatic rings. The maximum absolute atomic E-state index is 11.4. The number of aliphatic hydroxyl groups excluding tert-OH is 6. The van der Waals surface area contributed by atoms with Crippen molar-refractivity contribution >= 4 is 36.4 Å². The van der Waals surface area contributed by atoms with Gasteiger partial charge in [-0.05, 0) is 18.2 Å². The molecule has 0 saturated heterocycles. The Labute approximate surface area is 298 Å². The van der Waals surface area contributed by atoms with Gasteiger partial charge in [-0.1, -0.05) is 111 Å². The van der Waals surface area contributed by atoms with Crippen LogP contribution in [0.25, 0.3) is 0 Å². The van der Waals surface area contributed by atoms with Gasteiger partial charge in [-0.2, -0.15) is 0 Å². The van der Waals surface area contributed by atoms with Gasteiger partial charge < -0.3 is 60.3 Å². The highest BCUT2D eigenvalue weighted by Gasteiger charge is 2.26. The van der Waals surface area contributed by atoms with Crippen molar-refractivity contribution in [3.05, 3.63) is 0 Å². The van der Waals surface area contributed by atoms with Crippen molar-refractivity contribution in [2.24, 2.45) is 5.41 Å². The van der Waals surface area contributed by atoms with E-state index in [1.165, 1.54) is 83.5 Å². The summed E-state index contributed by atoms with van der Waals surface area (Å²) in [5.74, 6) is -1.77. The molecule has 0 aromatic heterocycles. The van der Waals surface area contributed by atoms with Crippen molar-refractivity contribution in [2.75, 3.05) is 39.6 Å². The monoisotopic (exact) mass is 756 g/mol. The van der Waals surface area contributed by atoms with Crippen LogP contribution in [-0.2, 0) is 30.9 Å². The van der Waals surface area contributed by atoms with Gasteiger partial charge in [-0.15, -0.1) is 0 Å². The molecule has 0 spiro atoms. The smallest absolute Gasteiger partial charge is 0.319 e. The van der Waals surface area contributed by atoms with Crippen molar-refractivity contribution in [1.82, 2.24) is 0 Å². The number of carboxylic acids is 2. The predicted octanol–water partition coefficient (Wildman–Crippen LogP) is 3.24. The molecule has 0 heterocycles. The molecule has 0 aromatic carbocycles. The lowest BCUT2D eigenvalue weighted by molar-refractivity contribution is -0.147. The molecule has 15 nitrogen and oxygen atoms in total. The lowest BCUT2D eigenvalue weighted by Crippen LogP contribution is -2.37. The van der Waals surface area contributed by atoms with Gasteiger partial charge in [0.2, 0.25) is 0 Å². The summed E-state index contributed by atoms with van der Waals surface area (Å²) in [4.78, 5) is 52.8. The summed E-state index contributed by atoms with van der Waals surface area (Å²) in [6.45, 7) is -0.438. The number of carbonyl (C=O) groups excluding carboxylic acids is 1. The van der Waals surface area contributed by atoms with Crippen LogP contribution in [0.2, 0.25) is 0 Å². The largest absolute Gasteiger partial charge is 0.481 e. The Morgan fingerprint density at radius 2 is 0.878 bits per heavy atom. The fourth-order valence-electron chi connectivity index (χ4n) is 3.25. The Morgan fingerprint density at radius 3 is 1.08 bits per heavy atom. The molecule has 298 valence electrons. The molecule has 0 aliphatic carbocycles. The number of esters is 1. The minimum atomic E-state index is -3.81. The molecule has 49 heavy (non-hydrogen) atoms. The lowest BCUT2D eigenvalue weighted by atomic mass is 9.93. The highest BCUT2D eigenvalue weighted by atomic mass is 32.5. The topological polar surface area (TPSA) is 283 Å². The number of aliphatic hydroxyl groups is 6. The van der Waals surface area contributed by atoms with Crippen molar-refractivity contribution in [1.29, 1.82) is 0 Å². The fourth-order valence-corrected chi connectivity index (χ4v) is 3.25. The van der Waals surface area contributed by atoms with Crippen molar-refractivity contribution in [2.45, 2.75) is 142 Å². The van der Waals surface area contributed by atoms with Crippen LogP contribution in [0.3, 0.4) is 0 Å². The standard InChI is InChI=1S/C21H42O4.C5H12O4.2C3H6O2.H3O3PS/c1-2-3-4-5-6-7-8-9-10-11-12-13-14-15-16-17-21(24)25-19-20(23)18-22;6-1-5(2-7,3-8)4-9;2*1-2-3(4)5;1-4(2,3)5/h20,22-23H,2-19H2,1H3;6-9H,1-4H2;2*2H2,1H3,(H,4,5);(H3,1,2,3,5). The highest BCUT2D eigenvalue weighted by molar-refractivity contribution is 8.06. The van der Waals surface area contributed by atoms with Crippen LogP contribution in [0.15, 0.2) is 0 Å². The third-order valence-corrected chi connectivity index (χ3v) is 6.58. The van der Waals surface area contributed by atoms with Crippen LogP contribution >= 0.6 is 6.72 Å². The summed E-state index contributed by atoms with van der Waals surface area (Å²) in [5.41, 5.74) is -1.11. The Balaban J connectivity index is -0.000000216. The van der Waals surface area contributed by atoms with Crippen LogP contribution in [0.5, 0.6) is 0 Å². The third kappa shape index (κ3) is 62.3. The zero-order valence-corrected chi connectivity index (χ0v) is 31.7. The minimum absolute atomic E-state index is 0.103. The maximum atomic E-state index is 11.4. The molecule has 0 saturated carbocycles. The summed E-state index contributed by atoms with van der Waals surface area (Å²) < 4.78 is 4.86. The van der Waals surface area contributed by atoms with E-state index in [-0.39, 0.29) is 32.0 Å². The van der Waals surface area contributed by atoms with Crippen LogP contribution in [0, 0.1) is 5.41 Å². The first kappa shape index (κ1) is 57.1. The third-order valence-electron chi connectivity index (χ3n) is 6.58. The fraction of sp³-hybridized carbons (Fsp3) is 0.906. The molecule has 0 radical (unpaired) electrons. The molecule has 0 bridgehead atoms. The Hall–Kier alpha value is -1.30. The van der Waals surface area contributed by atoms with Crippen LogP contribution < -0.4 is 0 Å². The molecule has 17 heteroatoms. The minimum Gasteiger partial charge on any atom is -0.481 e. The highest BCUT2D eigenvalue weighted by Crippen LogP contribution is 2.26. The van der Waals surface area contributed by atoms with Crippen molar-refractivity contribution in [3.8, 4) is 0 Å². The van der Waals surface area contributed by atoms with Gasteiger partial charge in [-0.25, -0.2) is 0 Å². The number of hydrogen-bond acceptors (Lipinski definition) is 11. The van der Waals surface area contributed by atoms with E-state index in [1.54, 1.807) is 13.8 Å². The van der Waals surface area contributed by atoms with Crippen LogP contribution in [0.4, 0.5) is 0 Å². The first-order chi connectivity index (χ1) is 23.0. The SMILES string of the molecule is CCC(=O)O.CCC(=O)O.CCCCCCCCCCCCCCCCCC(=O)OCC(O)CO.OCC(CO)(CO)CO.OP(O)(O)=S. The van der Waals surface area contributed by atoms with Gasteiger partial charge in [0.05, 0.1) is 38.4 Å². The first-order valence-corrected chi connectivity index (χ1v) is 19.7. The first-order valence-electron chi connectivity index (χ1n) is 17.1. The van der Waals surface area contributed by atoms with Crippen LogP contribution in [0.1, 0.15) is 136 Å². The van der Waals surface area contributed by atoms with E-state index < -0.39 is 56.6 Å². The van der Waals surface area contributed by atoms with E-state index >= 15 is 0 Å². The Morgan fingerprint density at radius 1 is 0.612 bits per heavy atom. The Kier molecular flexibility index (Phi) is 49.9. The molecule has 0 aliphatic heterocycles. The molecule has 11 N–H and O–H groups in total. The molecule has 0 rings (SSSR count). The second-order valence-electron chi connectivity index (χ2n) is 11.4. The summed E-state index contributed by atoms with van der Waals surface area (Å²) in [5, 5.41) is 67.1. The second-order valence-corrected chi connectivity index (χ2v) is 13.9. The van der Waals surface area contributed by atoms with E-state index in [0.29, 0.717) is 6.42 Å². The van der Waals surface area contributed by atoms with Gasteiger partial charge in [0.25, 0.3) is 0 Å². The van der Waals surface area contributed by atoms with Gasteiger partial charge in [-0.3, -0.25) is 14.4 Å². The van der Waals surface area contributed by atoms with Gasteiger partial charge >= 0.3 is 24.6 Å². The average molecular weight is 757 g/mol. The van der Waals surface area contributed by atoms with Crippen molar-refractivity contribution in [3.63, 3.8) is 0 Å². The summed E-state index contributed by atoms with van der Waals surface area (Å²) in [6.07, 6.45) is 19.5. The summed E-state index contributed by atoms with van der Waals surface area (Å²) in [6, 6.07) is 0. The molecule has 0 fully saturated rings. The number of unbranched alkanes of at least 4 members (excludes halogenated alkanes) is 14. The van der Waals surface area contributed by atoms with E-state index in [9.17, 15) is 14.4 Å². The van der Waals surface area contributed by atoms with E-state index in [0.717, 1.165) is 12.8 Å². The van der Waals surface area contributed by atoms with Gasteiger partial charge in [0.1, 0.15) is 12.7 Å². The van der Waals surface area contributed by atoms with Crippen molar-refractivity contribution < 1.29 is 74.7 Å². The molecule has 1 atom stereocenters. The molecular formula is C32H69O15PS. The number of rotatable bonds is 25. The normalized spacial score (nSPS) is 11.2. The predicted molar refractivity (Wildman–Crippen MR) is 191 cm³/mol. The summed E-state index contributed by atoms with van der Waals surface area (Å²) >= 11 is 3.60. The lowest BCUT2D eigenvalue weighted by Gasteiger charge is -2.23.